The van der Waals surface area contributed by atoms with Gasteiger partial charge in [-0.1, -0.05) is 48.5 Å². The first-order valence-electron chi connectivity index (χ1n) is 16.5. The zero-order valence-corrected chi connectivity index (χ0v) is 26.9. The third-order valence-corrected chi connectivity index (χ3v) is 9.42. The predicted molar refractivity (Wildman–Crippen MR) is 184 cm³/mol. The average molecular weight is 643 g/mol. The Kier molecular flexibility index (Phi) is 8.25. The minimum absolute atomic E-state index is 0.0605. The van der Waals surface area contributed by atoms with Gasteiger partial charge in [-0.15, -0.1) is 0 Å². The van der Waals surface area contributed by atoms with Gasteiger partial charge in [-0.25, -0.2) is 9.97 Å². The zero-order chi connectivity index (χ0) is 32.5. The number of rotatable bonds is 9. The molecule has 5 heterocycles. The molecule has 2 aliphatic heterocycles. The standard InChI is InChI=1S/C38H38N6O4/c1-46-37-30(18-27-9-5-6-10-31(27)42-37)34-20-39-36(41-34)35-22-43(21-26-13-16-47-23-26)14-15-44(35)38(45)33-19-28-17-29(11-12-32(28)40-33)48-24-25-7-3-2-4-8-25/h2-12,17-20,26,35,40H,13-16,21-24H2,1H3,(H,39,41). The van der Waals surface area contributed by atoms with Crippen LogP contribution in [0.2, 0.25) is 0 Å². The van der Waals surface area contributed by atoms with Crippen LogP contribution in [0.5, 0.6) is 11.6 Å². The van der Waals surface area contributed by atoms with E-state index < -0.39 is 0 Å². The third-order valence-electron chi connectivity index (χ3n) is 9.42. The Morgan fingerprint density at radius 2 is 1.85 bits per heavy atom. The zero-order valence-electron chi connectivity index (χ0n) is 26.9. The van der Waals surface area contributed by atoms with Gasteiger partial charge in [0.2, 0.25) is 5.88 Å². The molecule has 0 aliphatic carbocycles. The van der Waals surface area contributed by atoms with Crippen molar-refractivity contribution >= 4 is 27.7 Å². The topological polar surface area (TPSA) is 109 Å². The summed E-state index contributed by atoms with van der Waals surface area (Å²) in [6, 6.07) is 27.6. The third kappa shape index (κ3) is 6.12. The first-order valence-corrected chi connectivity index (χ1v) is 16.5. The van der Waals surface area contributed by atoms with Gasteiger partial charge >= 0.3 is 0 Å². The van der Waals surface area contributed by atoms with Crippen molar-refractivity contribution in [3.8, 4) is 22.9 Å². The average Bonchev–Trinajstić information content (AvgIpc) is 3.92. The minimum atomic E-state index is -0.280. The largest absolute Gasteiger partial charge is 0.489 e. The van der Waals surface area contributed by atoms with Gasteiger partial charge in [-0.2, -0.15) is 0 Å². The van der Waals surface area contributed by atoms with E-state index in [1.165, 1.54) is 0 Å². The highest BCUT2D eigenvalue weighted by molar-refractivity contribution is 5.98. The molecule has 3 aromatic carbocycles. The molecule has 0 saturated carbocycles. The van der Waals surface area contributed by atoms with Crippen molar-refractivity contribution in [2.45, 2.75) is 19.1 Å². The number of ether oxygens (including phenoxy) is 3. The molecule has 0 radical (unpaired) electrons. The molecule has 2 N–H and O–H groups in total. The molecule has 2 saturated heterocycles. The fourth-order valence-corrected chi connectivity index (χ4v) is 6.88. The Hall–Kier alpha value is -5.19. The second-order valence-electron chi connectivity index (χ2n) is 12.6. The summed E-state index contributed by atoms with van der Waals surface area (Å²) in [7, 11) is 1.63. The van der Waals surface area contributed by atoms with E-state index in [2.05, 4.69) is 20.9 Å². The van der Waals surface area contributed by atoms with Crippen LogP contribution < -0.4 is 9.47 Å². The van der Waals surface area contributed by atoms with E-state index >= 15 is 0 Å². The number of para-hydroxylation sites is 1. The minimum Gasteiger partial charge on any atom is -0.489 e. The lowest BCUT2D eigenvalue weighted by Crippen LogP contribution is -2.52. The van der Waals surface area contributed by atoms with Gasteiger partial charge < -0.3 is 29.1 Å². The lowest BCUT2D eigenvalue weighted by Gasteiger charge is -2.41. The number of hydrogen-bond acceptors (Lipinski definition) is 7. The summed E-state index contributed by atoms with van der Waals surface area (Å²) < 4.78 is 17.4. The quantitative estimate of drug-likeness (QED) is 0.193. The molecular formula is C38H38N6O4. The van der Waals surface area contributed by atoms with Gasteiger partial charge in [0.1, 0.15) is 29.9 Å². The van der Waals surface area contributed by atoms with E-state index in [9.17, 15) is 4.79 Å². The molecule has 2 atom stereocenters. The van der Waals surface area contributed by atoms with Gasteiger partial charge in [-0.3, -0.25) is 9.69 Å². The van der Waals surface area contributed by atoms with Crippen molar-refractivity contribution < 1.29 is 19.0 Å². The number of nitrogens with zero attached hydrogens (tertiary/aromatic N) is 4. The van der Waals surface area contributed by atoms with Crippen LogP contribution in [0.3, 0.4) is 0 Å². The lowest BCUT2D eigenvalue weighted by molar-refractivity contribution is 0.0389. The Morgan fingerprint density at radius 1 is 0.979 bits per heavy atom. The summed E-state index contributed by atoms with van der Waals surface area (Å²) in [6.07, 6.45) is 2.88. The second kappa shape index (κ2) is 13.1. The van der Waals surface area contributed by atoms with Gasteiger partial charge in [0, 0.05) is 49.1 Å². The van der Waals surface area contributed by atoms with Gasteiger partial charge in [0.15, 0.2) is 0 Å². The number of aromatic amines is 2. The van der Waals surface area contributed by atoms with Crippen LogP contribution in [0.4, 0.5) is 0 Å². The molecule has 0 spiro atoms. The molecule has 10 heteroatoms. The molecular weight excluding hydrogens is 604 g/mol. The highest BCUT2D eigenvalue weighted by atomic mass is 16.5. The summed E-state index contributed by atoms with van der Waals surface area (Å²) in [6.45, 7) is 5.05. The van der Waals surface area contributed by atoms with Crippen LogP contribution in [0.15, 0.2) is 91.1 Å². The number of fused-ring (bicyclic) bond motifs is 2. The number of carbonyl (C=O) groups excluding carboxylic acids is 1. The molecule has 2 unspecified atom stereocenters. The molecule has 10 nitrogen and oxygen atoms in total. The Labute approximate surface area is 278 Å². The maximum absolute atomic E-state index is 14.3. The molecule has 48 heavy (non-hydrogen) atoms. The number of aromatic nitrogens is 4. The summed E-state index contributed by atoms with van der Waals surface area (Å²) in [5.74, 6) is 2.45. The van der Waals surface area contributed by atoms with Crippen molar-refractivity contribution in [3.63, 3.8) is 0 Å². The number of H-pyrrole nitrogens is 2. The Bertz CT molecular complexity index is 2050. The van der Waals surface area contributed by atoms with Crippen LogP contribution in [0, 0.1) is 5.92 Å². The summed E-state index contributed by atoms with van der Waals surface area (Å²) in [5.41, 5.74) is 5.01. The number of piperazine rings is 1. The molecule has 6 aromatic rings. The van der Waals surface area contributed by atoms with Crippen molar-refractivity contribution in [3.05, 3.63) is 108 Å². The van der Waals surface area contributed by atoms with Crippen LogP contribution in [-0.4, -0.2) is 82.1 Å². The maximum atomic E-state index is 14.3. The van der Waals surface area contributed by atoms with Crippen LogP contribution >= 0.6 is 0 Å². The molecule has 2 aliphatic rings. The van der Waals surface area contributed by atoms with E-state index in [1.54, 1.807) is 7.11 Å². The van der Waals surface area contributed by atoms with Crippen molar-refractivity contribution in [1.29, 1.82) is 0 Å². The van der Waals surface area contributed by atoms with Gasteiger partial charge in [-0.05, 0) is 54.3 Å². The fourth-order valence-electron chi connectivity index (χ4n) is 6.88. The number of methoxy groups -OCH3 is 1. The van der Waals surface area contributed by atoms with Crippen molar-refractivity contribution in [2.75, 3.05) is 46.5 Å². The monoisotopic (exact) mass is 642 g/mol. The fraction of sp³-hybridized carbons (Fsp3) is 0.289. The van der Waals surface area contributed by atoms with Crippen LogP contribution in [0.1, 0.15) is 34.3 Å². The first kappa shape index (κ1) is 30.2. The number of hydrogen-bond donors (Lipinski definition) is 2. The number of pyridine rings is 1. The van der Waals surface area contributed by atoms with E-state index in [1.807, 2.05) is 90.0 Å². The van der Waals surface area contributed by atoms with Gasteiger partial charge in [0.05, 0.1) is 36.7 Å². The van der Waals surface area contributed by atoms with Crippen molar-refractivity contribution in [2.24, 2.45) is 5.92 Å². The predicted octanol–water partition coefficient (Wildman–Crippen LogP) is 6.23. The molecule has 0 bridgehead atoms. The molecule has 8 rings (SSSR count). The lowest BCUT2D eigenvalue weighted by atomic mass is 10.1. The number of nitrogens with one attached hydrogen (secondary N) is 2. The Balaban J connectivity index is 1.07. The molecule has 3 aromatic heterocycles. The number of benzene rings is 3. The number of carbonyl (C=O) groups is 1. The molecule has 244 valence electrons. The van der Waals surface area contributed by atoms with Crippen LogP contribution in [-0.2, 0) is 11.3 Å². The van der Waals surface area contributed by atoms with E-state index in [0.717, 1.165) is 82.9 Å². The molecule has 1 amide bonds. The van der Waals surface area contributed by atoms with E-state index in [4.69, 9.17) is 24.2 Å². The summed E-state index contributed by atoms with van der Waals surface area (Å²) >= 11 is 0. The number of imidazole rings is 1. The Morgan fingerprint density at radius 3 is 2.71 bits per heavy atom. The summed E-state index contributed by atoms with van der Waals surface area (Å²) in [4.78, 5) is 35.2. The highest BCUT2D eigenvalue weighted by Gasteiger charge is 2.36. The van der Waals surface area contributed by atoms with Crippen molar-refractivity contribution in [1.82, 2.24) is 29.7 Å². The van der Waals surface area contributed by atoms with Crippen LogP contribution in [0.25, 0.3) is 33.1 Å². The normalized spacial score (nSPS) is 18.5. The van der Waals surface area contributed by atoms with E-state index in [0.29, 0.717) is 37.2 Å². The maximum Gasteiger partial charge on any atom is 0.271 e. The SMILES string of the molecule is COc1nc2ccccc2cc1-c1cnc(C2CN(CC3CCOC3)CCN2C(=O)c2cc3cc(OCc4ccccc4)ccc3[nH]2)[nH]1. The number of amides is 1. The first-order chi connectivity index (χ1) is 23.6. The second-order valence-corrected chi connectivity index (χ2v) is 12.6. The highest BCUT2D eigenvalue weighted by Crippen LogP contribution is 2.34. The molecule has 2 fully saturated rings. The smallest absolute Gasteiger partial charge is 0.271 e. The summed E-state index contributed by atoms with van der Waals surface area (Å²) in [5, 5.41) is 1.94. The van der Waals surface area contributed by atoms with E-state index in [-0.39, 0.29) is 11.9 Å². The van der Waals surface area contributed by atoms with Gasteiger partial charge in [0.25, 0.3) is 5.91 Å².